The van der Waals surface area contributed by atoms with Gasteiger partial charge in [-0.2, -0.15) is 9.50 Å². The summed E-state index contributed by atoms with van der Waals surface area (Å²) in [5, 5.41) is 65.6. The molecule has 2 amide bonds. The summed E-state index contributed by atoms with van der Waals surface area (Å²) in [6, 6.07) is 3.33. The molecule has 0 saturated carbocycles. The number of nitrogens with one attached hydrogen (secondary N) is 1. The summed E-state index contributed by atoms with van der Waals surface area (Å²) in [5.41, 5.74) is 5.15. The Hall–Kier alpha value is -2.94. The van der Waals surface area contributed by atoms with Gasteiger partial charge < -0.3 is 55.8 Å². The fourth-order valence-corrected chi connectivity index (χ4v) is 8.03. The average molecular weight is 824 g/mol. The predicted octanol–water partition coefficient (Wildman–Crippen LogP) is -12.3. The topological polar surface area (TPSA) is 314 Å². The molecule has 6 rings (SSSR count). The van der Waals surface area contributed by atoms with E-state index in [2.05, 4.69) is 30.5 Å². The third-order valence-electron chi connectivity index (χ3n) is 7.26. The van der Waals surface area contributed by atoms with E-state index in [1.165, 1.54) is 9.90 Å². The number of fused-ring (bicyclic) bond motifs is 2. The number of aromatic nitrogens is 5. The second kappa shape index (κ2) is 18.8. The van der Waals surface area contributed by atoms with Crippen molar-refractivity contribution in [2.24, 2.45) is 5.16 Å². The summed E-state index contributed by atoms with van der Waals surface area (Å²) in [7, 11) is 0. The summed E-state index contributed by atoms with van der Waals surface area (Å²) in [5.74, 6) is -8.61. The van der Waals surface area contributed by atoms with Gasteiger partial charge >= 0.3 is 88.7 Å². The molecule has 1 saturated heterocycles. The molecule has 54 heavy (non-hydrogen) atoms. The molecular formula is C28H20N9Na3O11S3. The number of nitrogen functional groups attached to an aromatic ring is 1. The van der Waals surface area contributed by atoms with Crippen LogP contribution in [-0.2, 0) is 24.0 Å². The number of hydrogen-bond acceptors (Lipinski definition) is 20. The van der Waals surface area contributed by atoms with Crippen LogP contribution in [0.3, 0.4) is 0 Å². The van der Waals surface area contributed by atoms with Gasteiger partial charge in [0.05, 0.1) is 17.6 Å². The van der Waals surface area contributed by atoms with E-state index in [1.807, 2.05) is 0 Å². The van der Waals surface area contributed by atoms with Crippen molar-refractivity contribution >= 4 is 81.2 Å². The molecule has 3 aromatic heterocycles. The van der Waals surface area contributed by atoms with E-state index in [0.29, 0.717) is 16.3 Å². The van der Waals surface area contributed by atoms with Gasteiger partial charge in [0, 0.05) is 28.1 Å². The minimum absolute atomic E-state index is 0. The van der Waals surface area contributed by atoms with E-state index in [1.54, 1.807) is 13.0 Å². The molecule has 1 fully saturated rings. The number of benzene rings is 1. The first-order chi connectivity index (χ1) is 24.2. The number of nitrogens with zero attached hydrogens (tertiary/aromatic N) is 7. The molecule has 1 aromatic carbocycles. The van der Waals surface area contributed by atoms with Crippen molar-refractivity contribution in [2.45, 2.75) is 29.5 Å². The van der Waals surface area contributed by atoms with Crippen molar-refractivity contribution in [3.63, 3.8) is 0 Å². The van der Waals surface area contributed by atoms with E-state index in [9.17, 15) is 49.5 Å². The summed E-state index contributed by atoms with van der Waals surface area (Å²) in [6.07, 6.45) is -1.97. The standard InChI is InChI=1S/C28H23N9O11S3.3Na/c1-9-4-15(37-28(30-9)33-20(34-37)26(46)47)49-6-11-7-50-23-17(22(41)36(23)18(11)24(42)43)32-21(40)16(12-8-51-27(29)31-12)35-48-19(25(44)45)10-2-3-13(38)14(39)5-10;;;/h2-5,8,17,19,23,38-39H,6-7H2,1H3,(H2,29,31)(H,32,40)(H,42,43)(H,44,45)(H,46,47);;;/q;3*+1/p-3/b35-16-;;;. The third kappa shape index (κ3) is 9.35. The molecule has 264 valence electrons. The van der Waals surface area contributed by atoms with Gasteiger partial charge in [-0.1, -0.05) is 11.2 Å². The van der Waals surface area contributed by atoms with Gasteiger partial charge in [-0.3, -0.25) is 14.5 Å². The maximum absolute atomic E-state index is 13.5. The Balaban J connectivity index is 0.00000261. The van der Waals surface area contributed by atoms with Gasteiger partial charge in [-0.25, -0.2) is 9.97 Å². The number of carboxylic acids is 3. The molecule has 5 N–H and O–H groups in total. The SMILES string of the molecule is Cc1cc(SCC2=C(C(=O)[O-])N3C(=O)C(NC(=O)/C(=N\OC(C(=O)[O-])c4ccc(O)c(O)c4)c4csc(N)n4)C3SC2)n2nc(C(=O)[O-])nc2n1.[Na+].[Na+].[Na+]. The fourth-order valence-electron chi connectivity index (χ4n) is 4.95. The zero-order chi connectivity index (χ0) is 36.7. The third-order valence-corrected chi connectivity index (χ3v) is 10.3. The molecule has 4 aromatic rings. The number of hydrogen-bond donors (Lipinski definition) is 4. The maximum atomic E-state index is 13.5. The number of carbonyl (C=O) groups excluding carboxylic acids is 5. The van der Waals surface area contributed by atoms with E-state index in [4.69, 9.17) is 10.6 Å². The molecule has 5 heterocycles. The number of carboxylic acid groups (broad SMARTS) is 3. The van der Waals surface area contributed by atoms with Crippen LogP contribution in [0.5, 0.6) is 11.5 Å². The average Bonchev–Trinajstić information content (AvgIpc) is 3.71. The quantitative estimate of drug-likeness (QED) is 0.0196. The van der Waals surface area contributed by atoms with Gasteiger partial charge in [-0.05, 0) is 30.7 Å². The number of phenols is 2. The minimum Gasteiger partial charge on any atom is -0.546 e. The van der Waals surface area contributed by atoms with Crippen molar-refractivity contribution < 1.29 is 143 Å². The van der Waals surface area contributed by atoms with E-state index < -0.39 is 76.0 Å². The van der Waals surface area contributed by atoms with Crippen molar-refractivity contribution in [2.75, 3.05) is 17.2 Å². The molecule has 20 nitrogen and oxygen atoms in total. The van der Waals surface area contributed by atoms with Gasteiger partial charge in [0.2, 0.25) is 0 Å². The summed E-state index contributed by atoms with van der Waals surface area (Å²) >= 11 is 3.15. The van der Waals surface area contributed by atoms with E-state index in [0.717, 1.165) is 58.0 Å². The maximum Gasteiger partial charge on any atom is 1.00 e. The first kappa shape index (κ1) is 45.4. The van der Waals surface area contributed by atoms with Crippen LogP contribution in [0.2, 0.25) is 0 Å². The number of thiazole rings is 1. The number of anilines is 1. The van der Waals surface area contributed by atoms with E-state index in [-0.39, 0.29) is 122 Å². The number of β-lactam (4-membered cyclic amide) rings is 1. The normalized spacial score (nSPS) is 16.9. The number of carbonyl (C=O) groups is 5. The number of amides is 2. The Morgan fingerprint density at radius 3 is 2.43 bits per heavy atom. The van der Waals surface area contributed by atoms with Gasteiger partial charge in [0.1, 0.15) is 28.1 Å². The first-order valence-corrected chi connectivity index (χ1v) is 17.1. The molecule has 0 radical (unpaired) electrons. The smallest absolute Gasteiger partial charge is 0.546 e. The van der Waals surface area contributed by atoms with Crippen LogP contribution in [-0.4, -0.2) is 98.0 Å². The Morgan fingerprint density at radius 2 is 1.81 bits per heavy atom. The van der Waals surface area contributed by atoms with Crippen molar-refractivity contribution in [1.82, 2.24) is 34.8 Å². The van der Waals surface area contributed by atoms with Crippen LogP contribution in [0.1, 0.15) is 33.7 Å². The van der Waals surface area contributed by atoms with Gasteiger partial charge in [0.25, 0.3) is 17.6 Å². The van der Waals surface area contributed by atoms with E-state index >= 15 is 0 Å². The van der Waals surface area contributed by atoms with Gasteiger partial charge in [0.15, 0.2) is 34.3 Å². The molecule has 2 aliphatic heterocycles. The minimum atomic E-state index is -1.97. The zero-order valence-electron chi connectivity index (χ0n) is 28.5. The number of rotatable bonds is 12. The molecule has 26 heteroatoms. The Labute approximate surface area is 381 Å². The predicted molar refractivity (Wildman–Crippen MR) is 169 cm³/mol. The molecule has 0 bridgehead atoms. The number of oxime groups is 1. The Bertz CT molecular complexity index is 2220. The first-order valence-electron chi connectivity index (χ1n) is 14.2. The van der Waals surface area contributed by atoms with Crippen LogP contribution in [0.4, 0.5) is 5.13 Å². The van der Waals surface area contributed by atoms with Crippen LogP contribution in [0.15, 0.2) is 51.1 Å². The molecule has 0 aliphatic carbocycles. The second-order valence-electron chi connectivity index (χ2n) is 10.6. The number of aliphatic carboxylic acids is 2. The molecule has 3 unspecified atom stereocenters. The van der Waals surface area contributed by atoms with Gasteiger partial charge in [-0.15, -0.1) is 40.0 Å². The monoisotopic (exact) mass is 823 g/mol. The van der Waals surface area contributed by atoms with Crippen LogP contribution < -0.4 is 115 Å². The summed E-state index contributed by atoms with van der Waals surface area (Å²) in [6.45, 7) is 1.65. The van der Waals surface area contributed by atoms with Crippen LogP contribution in [0.25, 0.3) is 5.78 Å². The Morgan fingerprint density at radius 1 is 1.09 bits per heavy atom. The Kier molecular flexibility index (Phi) is 15.8. The zero-order valence-corrected chi connectivity index (χ0v) is 37.0. The van der Waals surface area contributed by atoms with Crippen molar-refractivity contribution in [3.8, 4) is 11.5 Å². The molecule has 2 aliphatic rings. The molecule has 3 atom stereocenters. The largest absolute Gasteiger partial charge is 1.00 e. The van der Waals surface area contributed by atoms with Crippen molar-refractivity contribution in [1.29, 1.82) is 0 Å². The number of aromatic hydroxyl groups is 2. The summed E-state index contributed by atoms with van der Waals surface area (Å²) in [4.78, 5) is 80.3. The second-order valence-corrected chi connectivity index (χ2v) is 13.6. The number of aromatic carboxylic acids is 1. The van der Waals surface area contributed by atoms with Crippen LogP contribution in [0, 0.1) is 6.92 Å². The molecular weight excluding hydrogens is 804 g/mol. The molecule has 0 spiro atoms. The summed E-state index contributed by atoms with van der Waals surface area (Å²) < 4.78 is 1.17. The number of thioether (sulfide) groups is 2. The van der Waals surface area contributed by atoms with Crippen molar-refractivity contribution in [3.05, 3.63) is 63.7 Å². The van der Waals surface area contributed by atoms with Crippen LogP contribution >= 0.6 is 34.9 Å². The number of nitrogens with two attached hydrogens (primary N) is 1. The number of aryl methyl sites for hydroxylation is 1. The fraction of sp³-hybridized carbons (Fsp3) is 0.214. The number of phenolic OH excluding ortho intramolecular Hbond substituents is 2.